The Bertz CT molecular complexity index is 1010. The van der Waals surface area contributed by atoms with Crippen LogP contribution >= 0.6 is 8.38 Å². The molecule has 31 heavy (non-hydrogen) atoms. The van der Waals surface area contributed by atoms with Crippen LogP contribution in [0.4, 0.5) is 0 Å². The summed E-state index contributed by atoms with van der Waals surface area (Å²) in [6.45, 7) is 1.38. The minimum absolute atomic E-state index is 0.0144. The lowest BCUT2D eigenvalue weighted by molar-refractivity contribution is -0.0917. The van der Waals surface area contributed by atoms with E-state index in [2.05, 4.69) is 4.98 Å². The van der Waals surface area contributed by atoms with E-state index >= 15 is 0 Å². The number of rotatable bonds is 12. The molecule has 0 amide bonds. The second-order valence-electron chi connectivity index (χ2n) is 6.17. The molecule has 1 aromatic heterocycles. The molecule has 0 spiro atoms. The molecule has 1 heterocycles. The number of hydrogen-bond donors (Lipinski definition) is 1. The molecule has 3 atom stereocenters. The first kappa shape index (κ1) is 22.8. The molecule has 0 aliphatic rings. The zero-order chi connectivity index (χ0) is 23.3. The van der Waals surface area contributed by atoms with Gasteiger partial charge in [0.05, 0.1) is 37.4 Å². The van der Waals surface area contributed by atoms with Gasteiger partial charge in [0.25, 0.3) is 5.56 Å². The Labute approximate surface area is 181 Å². The summed E-state index contributed by atoms with van der Waals surface area (Å²) in [5.74, 6) is -0.613. The van der Waals surface area contributed by atoms with Gasteiger partial charge < -0.3 is 18.5 Å². The van der Waals surface area contributed by atoms with Crippen LogP contribution in [0.2, 0.25) is 0 Å². The minimum Gasteiger partial charge on any atom is -0.457 e. The predicted octanol–water partition coefficient (Wildman–Crippen LogP) is 2.19. The van der Waals surface area contributed by atoms with Crippen molar-refractivity contribution in [2.45, 2.75) is 25.7 Å². The van der Waals surface area contributed by atoms with Gasteiger partial charge in [-0.1, -0.05) is 18.2 Å². The first-order valence-corrected chi connectivity index (χ1v) is 10.9. The zero-order valence-electron chi connectivity index (χ0n) is 17.9. The standard InChI is InChI=1S/C20H24N3O7P/c1-15(13-29-31(2)28-12-6-10-21)30-18(23-11-9-17(24)22-20(23)26)14-27-19(25)16-7-4-3-5-8-16/h3-5,7-9,11,15,18H,6,12-14H2,1-2H3,(H,22,24,26)/t15-,18-,31?/m1/s1/i1D. The molecule has 0 saturated heterocycles. The van der Waals surface area contributed by atoms with E-state index in [1.165, 1.54) is 6.20 Å². The van der Waals surface area contributed by atoms with Crippen molar-refractivity contribution in [1.82, 2.24) is 9.55 Å². The maximum Gasteiger partial charge on any atom is 0.338 e. The minimum atomic E-state index is -1.28. The maximum atomic E-state index is 12.3. The van der Waals surface area contributed by atoms with Crippen molar-refractivity contribution < 1.29 is 24.7 Å². The van der Waals surface area contributed by atoms with E-state index in [1.54, 1.807) is 37.0 Å². The van der Waals surface area contributed by atoms with Crippen LogP contribution in [0, 0.1) is 11.3 Å². The van der Waals surface area contributed by atoms with E-state index in [0.29, 0.717) is 5.56 Å². The van der Waals surface area contributed by atoms with Gasteiger partial charge in [0, 0.05) is 20.3 Å². The molecule has 0 bridgehead atoms. The summed E-state index contributed by atoms with van der Waals surface area (Å²) in [7, 11) is -1.28. The van der Waals surface area contributed by atoms with Crippen molar-refractivity contribution >= 4 is 14.3 Å². The van der Waals surface area contributed by atoms with E-state index in [1.807, 2.05) is 6.07 Å². The topological polar surface area (TPSA) is 133 Å². The van der Waals surface area contributed by atoms with Crippen LogP contribution in [0.5, 0.6) is 0 Å². The highest BCUT2D eigenvalue weighted by atomic mass is 31.2. The highest BCUT2D eigenvalue weighted by Crippen LogP contribution is 2.33. The average molecular weight is 450 g/mol. The summed E-state index contributed by atoms with van der Waals surface area (Å²) in [4.78, 5) is 38.1. The highest BCUT2D eigenvalue weighted by molar-refractivity contribution is 7.46. The number of benzene rings is 1. The third kappa shape index (κ3) is 8.44. The molecule has 0 fully saturated rings. The van der Waals surface area contributed by atoms with Gasteiger partial charge >= 0.3 is 11.7 Å². The Morgan fingerprint density at radius 2 is 2.03 bits per heavy atom. The number of carbonyl (C=O) groups excluding carboxylic acids is 1. The van der Waals surface area contributed by atoms with E-state index in [-0.39, 0.29) is 33.1 Å². The van der Waals surface area contributed by atoms with Crippen molar-refractivity contribution in [3.8, 4) is 6.07 Å². The van der Waals surface area contributed by atoms with Crippen LogP contribution in [0.3, 0.4) is 0 Å². The second kappa shape index (κ2) is 12.8. The zero-order valence-corrected chi connectivity index (χ0v) is 17.8. The first-order valence-electron chi connectivity index (χ1n) is 10.00. The number of ether oxygens (including phenoxy) is 2. The highest BCUT2D eigenvalue weighted by Gasteiger charge is 2.20. The summed E-state index contributed by atoms with van der Waals surface area (Å²) in [6, 6.07) is 11.4. The molecule has 2 aromatic rings. The third-order valence-electron chi connectivity index (χ3n) is 3.81. The van der Waals surface area contributed by atoms with E-state index < -0.39 is 37.9 Å². The normalized spacial score (nSPS) is 14.1. The molecule has 0 aliphatic heterocycles. The molecule has 11 heteroatoms. The van der Waals surface area contributed by atoms with E-state index in [4.69, 9.17) is 25.2 Å². The fraction of sp³-hybridized carbons (Fsp3) is 0.400. The fourth-order valence-corrected chi connectivity index (χ4v) is 3.15. The third-order valence-corrected chi connectivity index (χ3v) is 4.87. The lowest BCUT2D eigenvalue weighted by atomic mass is 10.2. The summed E-state index contributed by atoms with van der Waals surface area (Å²) >= 11 is 0. The SMILES string of the molecule is [2H]C[C@H](COP(C)OCCC#N)O[C@H](COC(=O)c1ccccc1)n1ccc(=O)[nH]c1=O. The van der Waals surface area contributed by atoms with Gasteiger partial charge in [0.2, 0.25) is 0 Å². The molecule has 166 valence electrons. The van der Waals surface area contributed by atoms with Gasteiger partial charge in [-0.15, -0.1) is 0 Å². The molecule has 2 rings (SSSR count). The number of hydrogen-bond acceptors (Lipinski definition) is 8. The van der Waals surface area contributed by atoms with Crippen LogP contribution < -0.4 is 11.2 Å². The Hall–Kier alpha value is -2.83. The number of esters is 1. The molecular weight excluding hydrogens is 425 g/mol. The summed E-state index contributed by atoms with van der Waals surface area (Å²) in [6.07, 6.45) is -0.424. The summed E-state index contributed by atoms with van der Waals surface area (Å²) < 4.78 is 30.8. The van der Waals surface area contributed by atoms with Crippen molar-refractivity contribution in [3.63, 3.8) is 0 Å². The van der Waals surface area contributed by atoms with Gasteiger partial charge in [0.1, 0.15) is 6.61 Å². The van der Waals surface area contributed by atoms with Gasteiger partial charge in [-0.2, -0.15) is 5.26 Å². The Kier molecular flexibility index (Phi) is 9.41. The quantitative estimate of drug-likeness (QED) is 0.296. The number of nitriles is 1. The molecule has 0 aliphatic carbocycles. The molecule has 0 radical (unpaired) electrons. The van der Waals surface area contributed by atoms with Crippen LogP contribution in [-0.2, 0) is 18.5 Å². The smallest absolute Gasteiger partial charge is 0.338 e. The van der Waals surface area contributed by atoms with Gasteiger partial charge in [0.15, 0.2) is 14.6 Å². The van der Waals surface area contributed by atoms with Crippen molar-refractivity contribution in [3.05, 3.63) is 69.0 Å². The molecule has 10 nitrogen and oxygen atoms in total. The van der Waals surface area contributed by atoms with Crippen LogP contribution in [0.1, 0.15) is 31.3 Å². The summed E-state index contributed by atoms with van der Waals surface area (Å²) in [5, 5.41) is 8.55. The number of aromatic amines is 1. The largest absolute Gasteiger partial charge is 0.457 e. The molecule has 1 aromatic carbocycles. The number of H-pyrrole nitrogens is 1. The number of carbonyl (C=O) groups is 1. The molecule has 1 unspecified atom stereocenters. The van der Waals surface area contributed by atoms with Crippen molar-refractivity contribution in [1.29, 1.82) is 5.26 Å². The van der Waals surface area contributed by atoms with Gasteiger partial charge in [-0.25, -0.2) is 9.59 Å². The van der Waals surface area contributed by atoms with Crippen LogP contribution in [0.25, 0.3) is 0 Å². The summed E-state index contributed by atoms with van der Waals surface area (Å²) in [5.41, 5.74) is -1.01. The predicted molar refractivity (Wildman–Crippen MR) is 113 cm³/mol. The Morgan fingerprint density at radius 3 is 2.71 bits per heavy atom. The molecule has 1 N–H and O–H groups in total. The number of nitrogens with one attached hydrogen (secondary N) is 1. The van der Waals surface area contributed by atoms with Gasteiger partial charge in [-0.3, -0.25) is 14.3 Å². The Morgan fingerprint density at radius 1 is 1.26 bits per heavy atom. The maximum absolute atomic E-state index is 12.3. The van der Waals surface area contributed by atoms with E-state index in [0.717, 1.165) is 10.6 Å². The van der Waals surface area contributed by atoms with Crippen molar-refractivity contribution in [2.24, 2.45) is 0 Å². The lowest BCUT2D eigenvalue weighted by Gasteiger charge is -2.24. The molecular formula is C20H24N3O7P. The fourth-order valence-electron chi connectivity index (χ4n) is 2.35. The number of aromatic nitrogens is 2. The number of nitrogens with zero attached hydrogens (tertiary/aromatic N) is 2. The van der Waals surface area contributed by atoms with E-state index in [9.17, 15) is 14.4 Å². The average Bonchev–Trinajstić information content (AvgIpc) is 2.79. The Balaban J connectivity index is 2.07. The van der Waals surface area contributed by atoms with Crippen LogP contribution in [-0.4, -0.2) is 48.1 Å². The molecule has 0 saturated carbocycles. The van der Waals surface area contributed by atoms with Gasteiger partial charge in [-0.05, 0) is 19.0 Å². The monoisotopic (exact) mass is 450 g/mol. The van der Waals surface area contributed by atoms with Crippen LogP contribution in [0.15, 0.2) is 52.2 Å². The first-order chi connectivity index (χ1) is 15.4. The lowest BCUT2D eigenvalue weighted by Crippen LogP contribution is -2.36. The second-order valence-corrected chi connectivity index (χ2v) is 7.57. The van der Waals surface area contributed by atoms with Crippen molar-refractivity contribution in [2.75, 3.05) is 26.5 Å².